The summed E-state index contributed by atoms with van der Waals surface area (Å²) >= 11 is 6.49. The first-order chi connectivity index (χ1) is 17.8. The van der Waals surface area contributed by atoms with Gasteiger partial charge in [0.2, 0.25) is 0 Å². The van der Waals surface area contributed by atoms with E-state index in [9.17, 15) is 9.59 Å². The van der Waals surface area contributed by atoms with E-state index >= 15 is 0 Å². The molecule has 200 valence electrons. The van der Waals surface area contributed by atoms with E-state index in [1.54, 1.807) is 18.2 Å². The molecule has 0 spiro atoms. The first-order valence-electron chi connectivity index (χ1n) is 11.8. The summed E-state index contributed by atoms with van der Waals surface area (Å²) in [7, 11) is 2.68. The number of benzene rings is 2. The zero-order valence-electron chi connectivity index (χ0n) is 21.0. The van der Waals surface area contributed by atoms with Crippen molar-refractivity contribution in [2.75, 3.05) is 27.4 Å². The Hall–Kier alpha value is -2.62. The standard InChI is InChI=1S/C14H15BrO3.C8H7BrO3.C6H10O/c1-17-14(16)11-6-7-13(12(15)8-11)18-9-10-4-2-3-5-10;1-12-8(11)5-2-3-7(10)6(9)4-5;7-5-6-3-1-2-4-6/h4,6-8H,2-3,5,9H2,1H3;2-4,10H,1H3;3,7H,1-2,4-5H2. The van der Waals surface area contributed by atoms with Gasteiger partial charge in [-0.15, -0.1) is 0 Å². The average Bonchev–Trinajstić information content (AvgIpc) is 3.64. The zero-order chi connectivity index (χ0) is 27.2. The topological polar surface area (TPSA) is 102 Å². The van der Waals surface area contributed by atoms with Crippen LogP contribution in [0.3, 0.4) is 0 Å². The molecule has 0 unspecified atom stereocenters. The molecule has 0 fully saturated rings. The van der Waals surface area contributed by atoms with Gasteiger partial charge in [0.05, 0.1) is 40.9 Å². The van der Waals surface area contributed by atoms with Crippen LogP contribution >= 0.6 is 31.9 Å². The minimum Gasteiger partial charge on any atom is -0.507 e. The number of hydrogen-bond donors (Lipinski definition) is 2. The Morgan fingerprint density at radius 1 is 0.838 bits per heavy atom. The fourth-order valence-corrected chi connectivity index (χ4v) is 4.41. The van der Waals surface area contributed by atoms with Crippen molar-refractivity contribution in [2.24, 2.45) is 0 Å². The molecule has 2 aliphatic carbocycles. The fourth-order valence-electron chi connectivity index (χ4n) is 3.53. The van der Waals surface area contributed by atoms with Crippen LogP contribution in [0.15, 0.2) is 68.6 Å². The van der Waals surface area contributed by atoms with Crippen LogP contribution in [0.1, 0.15) is 59.2 Å². The SMILES string of the molecule is COC(=O)c1ccc(O)c(Br)c1.COC(=O)c1ccc(OCC2=CCCC2)c(Br)c1.OCC1=CCCC1. The summed E-state index contributed by atoms with van der Waals surface area (Å²) in [4.78, 5) is 22.3. The second-order valence-electron chi connectivity index (χ2n) is 8.25. The lowest BCUT2D eigenvalue weighted by atomic mass is 10.2. The van der Waals surface area contributed by atoms with Crippen LogP contribution in [0.4, 0.5) is 0 Å². The van der Waals surface area contributed by atoms with Crippen LogP contribution in [-0.4, -0.2) is 49.6 Å². The monoisotopic (exact) mass is 638 g/mol. The number of hydrogen-bond acceptors (Lipinski definition) is 7. The number of ether oxygens (including phenoxy) is 3. The van der Waals surface area contributed by atoms with Gasteiger partial charge in [-0.2, -0.15) is 0 Å². The molecule has 0 radical (unpaired) electrons. The van der Waals surface area contributed by atoms with E-state index < -0.39 is 5.97 Å². The number of phenols is 1. The highest BCUT2D eigenvalue weighted by Crippen LogP contribution is 2.28. The Labute approximate surface area is 234 Å². The first kappa shape index (κ1) is 30.6. The van der Waals surface area contributed by atoms with Crippen molar-refractivity contribution in [1.82, 2.24) is 0 Å². The summed E-state index contributed by atoms with van der Waals surface area (Å²) in [5, 5.41) is 17.6. The maximum absolute atomic E-state index is 11.4. The van der Waals surface area contributed by atoms with Gasteiger partial charge < -0.3 is 24.4 Å². The van der Waals surface area contributed by atoms with Gasteiger partial charge in [-0.25, -0.2) is 9.59 Å². The Kier molecular flexibility index (Phi) is 13.5. The van der Waals surface area contributed by atoms with Crippen LogP contribution in [0.25, 0.3) is 0 Å². The predicted octanol–water partition coefficient (Wildman–Crippen LogP) is 6.76. The first-order valence-corrected chi connectivity index (χ1v) is 13.4. The van der Waals surface area contributed by atoms with E-state index in [0.29, 0.717) is 22.2 Å². The summed E-state index contributed by atoms with van der Waals surface area (Å²) in [5.41, 5.74) is 3.48. The number of methoxy groups -OCH3 is 2. The van der Waals surface area contributed by atoms with Crippen molar-refractivity contribution >= 4 is 43.8 Å². The lowest BCUT2D eigenvalue weighted by molar-refractivity contribution is 0.0591. The molecular weight excluding hydrogens is 608 g/mol. The molecule has 4 rings (SSSR count). The highest BCUT2D eigenvalue weighted by atomic mass is 79.9. The molecule has 0 atom stereocenters. The Bertz CT molecular complexity index is 1130. The number of rotatable bonds is 6. The number of esters is 2. The van der Waals surface area contributed by atoms with Crippen LogP contribution in [-0.2, 0) is 9.47 Å². The van der Waals surface area contributed by atoms with E-state index in [2.05, 4.69) is 53.5 Å². The minimum absolute atomic E-state index is 0.0997. The normalized spacial score (nSPS) is 13.8. The van der Waals surface area contributed by atoms with Crippen LogP contribution < -0.4 is 4.74 Å². The number of halogens is 2. The highest BCUT2D eigenvalue weighted by Gasteiger charge is 2.11. The van der Waals surface area contributed by atoms with Gasteiger partial charge in [0.15, 0.2) is 0 Å². The van der Waals surface area contributed by atoms with E-state index in [-0.39, 0.29) is 18.3 Å². The summed E-state index contributed by atoms with van der Waals surface area (Å²) in [6, 6.07) is 9.62. The molecule has 0 amide bonds. The molecule has 0 heterocycles. The van der Waals surface area contributed by atoms with E-state index in [4.69, 9.17) is 14.9 Å². The number of aliphatic hydroxyl groups excluding tert-OH is 1. The number of aliphatic hydroxyl groups is 1. The summed E-state index contributed by atoms with van der Waals surface area (Å²) in [6.45, 7) is 0.899. The van der Waals surface area contributed by atoms with E-state index in [1.807, 2.05) is 0 Å². The molecule has 9 heteroatoms. The van der Waals surface area contributed by atoms with E-state index in [0.717, 1.165) is 29.5 Å². The zero-order valence-corrected chi connectivity index (χ0v) is 24.1. The van der Waals surface area contributed by atoms with Crippen LogP contribution in [0.5, 0.6) is 11.5 Å². The second kappa shape index (κ2) is 16.3. The van der Waals surface area contributed by atoms with E-state index in [1.165, 1.54) is 62.8 Å². The molecular formula is C28H32Br2O7. The maximum atomic E-state index is 11.4. The molecule has 37 heavy (non-hydrogen) atoms. The fraction of sp³-hybridized carbons (Fsp3) is 0.357. The largest absolute Gasteiger partial charge is 0.507 e. The third-order valence-electron chi connectivity index (χ3n) is 5.61. The molecule has 0 aliphatic heterocycles. The minimum atomic E-state index is -0.421. The van der Waals surface area contributed by atoms with Crippen LogP contribution in [0.2, 0.25) is 0 Å². The molecule has 2 aliphatic rings. The quantitative estimate of drug-likeness (QED) is 0.266. The molecule has 0 saturated heterocycles. The molecule has 0 bridgehead atoms. The molecule has 0 aromatic heterocycles. The molecule has 2 aromatic rings. The van der Waals surface area contributed by atoms with Crippen molar-refractivity contribution in [3.63, 3.8) is 0 Å². The van der Waals surface area contributed by atoms with Crippen molar-refractivity contribution in [3.8, 4) is 11.5 Å². The molecule has 2 N–H and O–H groups in total. The average molecular weight is 640 g/mol. The Morgan fingerprint density at radius 3 is 1.81 bits per heavy atom. The lowest BCUT2D eigenvalue weighted by Crippen LogP contribution is -2.03. The highest BCUT2D eigenvalue weighted by molar-refractivity contribution is 9.10. The summed E-state index contributed by atoms with van der Waals surface area (Å²) in [5.74, 6) is 0.0783. The van der Waals surface area contributed by atoms with Gasteiger partial charge in [-0.3, -0.25) is 0 Å². The van der Waals surface area contributed by atoms with Gasteiger partial charge in [0, 0.05) is 0 Å². The molecule has 7 nitrogen and oxygen atoms in total. The van der Waals surface area contributed by atoms with Crippen molar-refractivity contribution in [1.29, 1.82) is 0 Å². The number of phenolic OH excluding ortho intramolecular Hbond substituents is 1. The van der Waals surface area contributed by atoms with Gasteiger partial charge in [0.1, 0.15) is 18.1 Å². The smallest absolute Gasteiger partial charge is 0.337 e. The third-order valence-corrected chi connectivity index (χ3v) is 6.86. The Balaban J connectivity index is 0.000000217. The maximum Gasteiger partial charge on any atom is 0.337 e. The third kappa shape index (κ3) is 10.3. The number of carbonyl (C=O) groups excluding carboxylic acids is 2. The molecule has 0 saturated carbocycles. The van der Waals surface area contributed by atoms with Crippen molar-refractivity contribution in [3.05, 3.63) is 79.8 Å². The van der Waals surface area contributed by atoms with Crippen molar-refractivity contribution < 1.29 is 34.0 Å². The Morgan fingerprint density at radius 2 is 1.38 bits per heavy atom. The summed E-state index contributed by atoms with van der Waals surface area (Å²) in [6.07, 6.45) is 11.4. The lowest BCUT2D eigenvalue weighted by Gasteiger charge is -2.09. The van der Waals surface area contributed by atoms with Crippen molar-refractivity contribution in [2.45, 2.75) is 38.5 Å². The van der Waals surface area contributed by atoms with Gasteiger partial charge >= 0.3 is 11.9 Å². The number of aromatic hydroxyl groups is 1. The number of allylic oxidation sites excluding steroid dienone is 2. The summed E-state index contributed by atoms with van der Waals surface area (Å²) < 4.78 is 16.1. The second-order valence-corrected chi connectivity index (χ2v) is 9.96. The van der Waals surface area contributed by atoms with Gasteiger partial charge in [-0.05, 0) is 118 Å². The predicted molar refractivity (Wildman–Crippen MR) is 149 cm³/mol. The molecule has 2 aromatic carbocycles. The van der Waals surface area contributed by atoms with Crippen LogP contribution in [0, 0.1) is 0 Å². The van der Waals surface area contributed by atoms with Gasteiger partial charge in [-0.1, -0.05) is 12.2 Å². The van der Waals surface area contributed by atoms with Gasteiger partial charge in [0.25, 0.3) is 0 Å². The number of carbonyl (C=O) groups is 2.